The van der Waals surface area contributed by atoms with Crippen LogP contribution in [-0.2, 0) is 0 Å². The zero-order chi connectivity index (χ0) is 11.5. The molecular formula is C12H12BrFOS. The number of carbonyl (C=O) groups is 1. The van der Waals surface area contributed by atoms with Gasteiger partial charge in [-0.2, -0.15) is 11.8 Å². The van der Waals surface area contributed by atoms with Gasteiger partial charge in [-0.25, -0.2) is 4.39 Å². The summed E-state index contributed by atoms with van der Waals surface area (Å²) in [6.45, 7) is 0. The minimum atomic E-state index is -0.320. The van der Waals surface area contributed by atoms with E-state index >= 15 is 0 Å². The third-order valence-electron chi connectivity index (χ3n) is 2.67. The Morgan fingerprint density at radius 2 is 2.25 bits per heavy atom. The third-order valence-corrected chi connectivity index (χ3v) is 4.70. The number of hydrogen-bond donors (Lipinski definition) is 0. The van der Waals surface area contributed by atoms with Crippen LogP contribution < -0.4 is 0 Å². The van der Waals surface area contributed by atoms with Gasteiger partial charge in [-0.3, -0.25) is 4.79 Å². The van der Waals surface area contributed by atoms with Gasteiger partial charge in [0, 0.05) is 10.0 Å². The number of Topliss-reactive ketones (excluding diaryl/α,β-unsaturated/α-hetero) is 1. The van der Waals surface area contributed by atoms with Crippen LogP contribution in [0.5, 0.6) is 0 Å². The molecule has 0 aliphatic carbocycles. The molecule has 4 heteroatoms. The van der Waals surface area contributed by atoms with Crippen molar-refractivity contribution in [2.24, 2.45) is 0 Å². The molecule has 1 heterocycles. The van der Waals surface area contributed by atoms with Crippen molar-refractivity contribution in [1.82, 2.24) is 0 Å². The second kappa shape index (κ2) is 5.32. The molecule has 1 atom stereocenters. The Morgan fingerprint density at radius 1 is 1.44 bits per heavy atom. The molecule has 1 saturated heterocycles. The molecular weight excluding hydrogens is 291 g/mol. The molecule has 86 valence electrons. The van der Waals surface area contributed by atoms with E-state index in [0.717, 1.165) is 18.6 Å². The minimum absolute atomic E-state index is 0.0514. The van der Waals surface area contributed by atoms with Crippen molar-refractivity contribution in [3.63, 3.8) is 0 Å². The van der Waals surface area contributed by atoms with Crippen LogP contribution in [0.2, 0.25) is 0 Å². The average molecular weight is 303 g/mol. The van der Waals surface area contributed by atoms with E-state index < -0.39 is 0 Å². The minimum Gasteiger partial charge on any atom is -0.293 e. The van der Waals surface area contributed by atoms with Crippen LogP contribution >= 0.6 is 27.7 Å². The van der Waals surface area contributed by atoms with Crippen molar-refractivity contribution in [1.29, 1.82) is 0 Å². The summed E-state index contributed by atoms with van der Waals surface area (Å²) in [5.41, 5.74) is 0.598. The molecule has 0 N–H and O–H groups in total. The first-order valence-corrected chi connectivity index (χ1v) is 7.13. The zero-order valence-corrected chi connectivity index (χ0v) is 11.1. The molecule has 0 saturated carbocycles. The Bertz CT molecular complexity index is 402. The summed E-state index contributed by atoms with van der Waals surface area (Å²) in [4.78, 5) is 12.2. The molecule has 0 aromatic heterocycles. The molecule has 2 rings (SSSR count). The van der Waals surface area contributed by atoms with E-state index in [1.165, 1.54) is 18.6 Å². The SMILES string of the molecule is O=C(c1ccc(F)cc1Br)C1CCCCS1. The molecule has 1 aromatic carbocycles. The molecule has 0 spiro atoms. The number of halogens is 2. The number of hydrogen-bond acceptors (Lipinski definition) is 2. The summed E-state index contributed by atoms with van der Waals surface area (Å²) >= 11 is 4.96. The topological polar surface area (TPSA) is 17.1 Å². The van der Waals surface area contributed by atoms with Gasteiger partial charge in [0.2, 0.25) is 0 Å². The summed E-state index contributed by atoms with van der Waals surface area (Å²) in [5, 5.41) is 0.0514. The third kappa shape index (κ3) is 2.66. The first kappa shape index (κ1) is 12.1. The number of rotatable bonds is 2. The molecule has 0 amide bonds. The van der Waals surface area contributed by atoms with Crippen molar-refractivity contribution in [3.8, 4) is 0 Å². The van der Waals surface area contributed by atoms with Crippen molar-refractivity contribution in [2.75, 3.05) is 5.75 Å². The summed E-state index contributed by atoms with van der Waals surface area (Å²) < 4.78 is 13.5. The van der Waals surface area contributed by atoms with Crippen molar-refractivity contribution in [3.05, 3.63) is 34.1 Å². The monoisotopic (exact) mass is 302 g/mol. The second-order valence-electron chi connectivity index (χ2n) is 3.84. The number of thioether (sulfide) groups is 1. The van der Waals surface area contributed by atoms with Crippen molar-refractivity contribution < 1.29 is 9.18 Å². The number of carbonyl (C=O) groups excluding carboxylic acids is 1. The van der Waals surface area contributed by atoms with Crippen molar-refractivity contribution in [2.45, 2.75) is 24.5 Å². The van der Waals surface area contributed by atoms with Crippen LogP contribution in [0.3, 0.4) is 0 Å². The molecule has 1 aliphatic rings. The van der Waals surface area contributed by atoms with Gasteiger partial charge >= 0.3 is 0 Å². The Hall–Kier alpha value is -0.350. The highest BCUT2D eigenvalue weighted by Gasteiger charge is 2.24. The maximum atomic E-state index is 12.9. The molecule has 1 nitrogen and oxygen atoms in total. The lowest BCUT2D eigenvalue weighted by Crippen LogP contribution is -2.21. The van der Waals surface area contributed by atoms with Crippen LogP contribution in [0.4, 0.5) is 4.39 Å². The Labute approximate surface area is 107 Å². The molecule has 0 radical (unpaired) electrons. The maximum Gasteiger partial charge on any atom is 0.176 e. The van der Waals surface area contributed by atoms with Crippen molar-refractivity contribution >= 4 is 33.5 Å². The molecule has 16 heavy (non-hydrogen) atoms. The fourth-order valence-electron chi connectivity index (χ4n) is 1.81. The highest BCUT2D eigenvalue weighted by Crippen LogP contribution is 2.30. The number of benzene rings is 1. The molecule has 1 unspecified atom stereocenters. The van der Waals surface area contributed by atoms with Gasteiger partial charge in [-0.15, -0.1) is 0 Å². The molecule has 0 bridgehead atoms. The smallest absolute Gasteiger partial charge is 0.176 e. The van der Waals surface area contributed by atoms with Gasteiger partial charge in [0.25, 0.3) is 0 Å². The fraction of sp³-hybridized carbons (Fsp3) is 0.417. The van der Waals surface area contributed by atoms with Gasteiger partial charge in [-0.05, 0) is 52.7 Å². The quantitative estimate of drug-likeness (QED) is 0.767. The highest BCUT2D eigenvalue weighted by atomic mass is 79.9. The lowest BCUT2D eigenvalue weighted by atomic mass is 10.0. The Balaban J connectivity index is 2.19. The van der Waals surface area contributed by atoms with Gasteiger partial charge < -0.3 is 0 Å². The van der Waals surface area contributed by atoms with Gasteiger partial charge in [0.1, 0.15) is 5.82 Å². The lowest BCUT2D eigenvalue weighted by Gasteiger charge is -2.20. The summed E-state index contributed by atoms with van der Waals surface area (Å²) in [5.74, 6) is 0.853. The van der Waals surface area contributed by atoms with E-state index in [1.54, 1.807) is 17.8 Å². The van der Waals surface area contributed by atoms with Crippen LogP contribution in [0.25, 0.3) is 0 Å². The van der Waals surface area contributed by atoms with E-state index in [4.69, 9.17) is 0 Å². The zero-order valence-electron chi connectivity index (χ0n) is 8.71. The molecule has 1 fully saturated rings. The van der Waals surface area contributed by atoms with Gasteiger partial charge in [-0.1, -0.05) is 6.42 Å². The maximum absolute atomic E-state index is 12.9. The van der Waals surface area contributed by atoms with E-state index in [2.05, 4.69) is 15.9 Å². The predicted molar refractivity (Wildman–Crippen MR) is 68.5 cm³/mol. The van der Waals surface area contributed by atoms with Gasteiger partial charge in [0.05, 0.1) is 5.25 Å². The average Bonchev–Trinajstić information content (AvgIpc) is 2.29. The lowest BCUT2D eigenvalue weighted by molar-refractivity contribution is 0.0984. The molecule has 1 aliphatic heterocycles. The largest absolute Gasteiger partial charge is 0.293 e. The van der Waals surface area contributed by atoms with Crippen LogP contribution in [-0.4, -0.2) is 16.8 Å². The Kier molecular flexibility index (Phi) is 4.03. The summed E-state index contributed by atoms with van der Waals surface area (Å²) in [7, 11) is 0. The first-order chi connectivity index (χ1) is 7.68. The van der Waals surface area contributed by atoms with E-state index in [9.17, 15) is 9.18 Å². The number of ketones is 1. The Morgan fingerprint density at radius 3 is 2.88 bits per heavy atom. The standard InChI is InChI=1S/C12H12BrFOS/c13-10-7-8(14)4-5-9(10)12(15)11-3-1-2-6-16-11/h4-5,7,11H,1-3,6H2. The fourth-order valence-corrected chi connectivity index (χ4v) is 3.62. The van der Waals surface area contributed by atoms with Crippen LogP contribution in [0.15, 0.2) is 22.7 Å². The van der Waals surface area contributed by atoms with Gasteiger partial charge in [0.15, 0.2) is 5.78 Å². The van der Waals surface area contributed by atoms with E-state index in [0.29, 0.717) is 10.0 Å². The second-order valence-corrected chi connectivity index (χ2v) is 6.01. The predicted octanol–water partition coefficient (Wildman–Crippen LogP) is 4.06. The van der Waals surface area contributed by atoms with Crippen LogP contribution in [0, 0.1) is 5.82 Å². The van der Waals surface area contributed by atoms with E-state index in [-0.39, 0.29) is 16.9 Å². The summed E-state index contributed by atoms with van der Waals surface area (Å²) in [6, 6.07) is 4.25. The van der Waals surface area contributed by atoms with E-state index in [1.807, 2.05) is 0 Å². The highest BCUT2D eigenvalue weighted by molar-refractivity contribution is 9.10. The molecule has 1 aromatic rings. The van der Waals surface area contributed by atoms with Crippen LogP contribution in [0.1, 0.15) is 29.6 Å². The normalized spacial score (nSPS) is 20.8. The first-order valence-electron chi connectivity index (χ1n) is 5.29. The summed E-state index contributed by atoms with van der Waals surface area (Å²) in [6.07, 6.45) is 3.24.